The van der Waals surface area contributed by atoms with Crippen LogP contribution in [0.1, 0.15) is 43.2 Å². The van der Waals surface area contributed by atoms with Gasteiger partial charge in [-0.2, -0.15) is 5.26 Å². The van der Waals surface area contributed by atoms with Gasteiger partial charge in [0.25, 0.3) is 0 Å². The lowest BCUT2D eigenvalue weighted by Gasteiger charge is -2.48. The molecule has 0 saturated carbocycles. The number of anilines is 1. The molecular weight excluding hydrogens is 352 g/mol. The summed E-state index contributed by atoms with van der Waals surface area (Å²) in [6.07, 6.45) is 1.13. The van der Waals surface area contributed by atoms with E-state index < -0.39 is 0 Å². The summed E-state index contributed by atoms with van der Waals surface area (Å²) in [5, 5.41) is 15.6. The van der Waals surface area contributed by atoms with E-state index in [1.165, 1.54) is 16.9 Å². The molecule has 2 unspecified atom stereocenters. The van der Waals surface area contributed by atoms with Crippen molar-refractivity contribution in [3.05, 3.63) is 38.5 Å². The van der Waals surface area contributed by atoms with Gasteiger partial charge in [0.15, 0.2) is 0 Å². The highest BCUT2D eigenvalue weighted by Crippen LogP contribution is 2.52. The van der Waals surface area contributed by atoms with Crippen LogP contribution in [-0.4, -0.2) is 18.2 Å². The molecule has 0 spiro atoms. The number of hydrogen-bond acceptors (Lipinski definition) is 4. The van der Waals surface area contributed by atoms with Crippen LogP contribution in [0.3, 0.4) is 0 Å². The zero-order valence-corrected chi connectivity index (χ0v) is 16.4. The van der Waals surface area contributed by atoms with Crippen LogP contribution >= 0.6 is 22.9 Å². The minimum absolute atomic E-state index is 0.0363. The van der Waals surface area contributed by atoms with Crippen LogP contribution in [0.5, 0.6) is 0 Å². The van der Waals surface area contributed by atoms with Gasteiger partial charge in [-0.15, -0.1) is 11.3 Å². The van der Waals surface area contributed by atoms with Gasteiger partial charge in [0.05, 0.1) is 16.7 Å². The van der Waals surface area contributed by atoms with Crippen molar-refractivity contribution in [2.75, 3.05) is 11.9 Å². The molecule has 25 heavy (non-hydrogen) atoms. The van der Waals surface area contributed by atoms with E-state index in [1.54, 1.807) is 0 Å². The van der Waals surface area contributed by atoms with Gasteiger partial charge in [-0.3, -0.25) is 0 Å². The molecule has 1 N–H and O–H groups in total. The van der Waals surface area contributed by atoms with Gasteiger partial charge in [0, 0.05) is 28.7 Å². The maximum atomic E-state index is 9.26. The van der Waals surface area contributed by atoms with Crippen LogP contribution < -0.4 is 5.32 Å². The van der Waals surface area contributed by atoms with Crippen molar-refractivity contribution in [2.45, 2.75) is 51.2 Å². The number of hydrogen-bond donors (Lipinski definition) is 1. The Balaban J connectivity index is 1.93. The molecule has 1 aromatic heterocycles. The number of thiophene rings is 1. The quantitative estimate of drug-likeness (QED) is 0.718. The summed E-state index contributed by atoms with van der Waals surface area (Å²) in [5.41, 5.74) is 5.24. The van der Waals surface area contributed by atoms with E-state index in [-0.39, 0.29) is 17.1 Å². The van der Waals surface area contributed by atoms with Gasteiger partial charge in [0.1, 0.15) is 10.9 Å². The predicted molar refractivity (Wildman–Crippen MR) is 104 cm³/mol. The van der Waals surface area contributed by atoms with E-state index in [0.717, 1.165) is 40.3 Å². The molecule has 1 aromatic carbocycles. The molecule has 2 atom stereocenters. The van der Waals surface area contributed by atoms with E-state index in [1.807, 2.05) is 18.4 Å². The highest BCUT2D eigenvalue weighted by molar-refractivity contribution is 7.11. The average Bonchev–Trinajstić information content (AvgIpc) is 3.11. The van der Waals surface area contributed by atoms with Crippen molar-refractivity contribution < 1.29 is 4.74 Å². The summed E-state index contributed by atoms with van der Waals surface area (Å²) in [6, 6.07) is 6.51. The Labute approximate surface area is 157 Å². The number of fused-ring (bicyclic) bond motifs is 3. The summed E-state index contributed by atoms with van der Waals surface area (Å²) >= 11 is 8.13. The minimum Gasteiger partial charge on any atom is -0.377 e. The highest BCUT2D eigenvalue weighted by Gasteiger charge is 2.53. The largest absolute Gasteiger partial charge is 0.377 e. The fourth-order valence-corrected chi connectivity index (χ4v) is 5.69. The lowest BCUT2D eigenvalue weighted by Crippen LogP contribution is -2.56. The third-order valence-electron chi connectivity index (χ3n) is 5.75. The molecule has 2 aromatic rings. The Morgan fingerprint density at radius 2 is 2.08 bits per heavy atom. The topological polar surface area (TPSA) is 45.0 Å². The Kier molecular flexibility index (Phi) is 3.70. The summed E-state index contributed by atoms with van der Waals surface area (Å²) in [5.74, 6) is 0. The first-order valence-electron chi connectivity index (χ1n) is 8.50. The fourth-order valence-electron chi connectivity index (χ4n) is 4.55. The van der Waals surface area contributed by atoms with Crippen LogP contribution in [0.2, 0.25) is 5.02 Å². The molecule has 130 valence electrons. The second-order valence-corrected chi connectivity index (χ2v) is 9.14. The Morgan fingerprint density at radius 1 is 1.32 bits per heavy atom. The van der Waals surface area contributed by atoms with Gasteiger partial charge in [-0.1, -0.05) is 18.5 Å². The van der Waals surface area contributed by atoms with Gasteiger partial charge in [0.2, 0.25) is 0 Å². The number of rotatable bonds is 1. The van der Waals surface area contributed by atoms with Crippen molar-refractivity contribution >= 4 is 28.6 Å². The smallest absolute Gasteiger partial charge is 0.110 e. The van der Waals surface area contributed by atoms with Crippen LogP contribution in [-0.2, 0) is 10.2 Å². The Bertz CT molecular complexity index is 911. The third kappa shape index (κ3) is 2.33. The molecule has 3 nitrogen and oxygen atoms in total. The molecule has 2 aliphatic heterocycles. The van der Waals surface area contributed by atoms with Crippen molar-refractivity contribution in [2.24, 2.45) is 0 Å². The number of nitrogens with one attached hydrogen (secondary N) is 1. The number of halogens is 1. The maximum Gasteiger partial charge on any atom is 0.110 e. The van der Waals surface area contributed by atoms with Gasteiger partial charge < -0.3 is 10.1 Å². The minimum atomic E-state index is -0.143. The lowest BCUT2D eigenvalue weighted by molar-refractivity contribution is 0.0353. The van der Waals surface area contributed by atoms with Gasteiger partial charge in [-0.25, -0.2) is 0 Å². The summed E-state index contributed by atoms with van der Waals surface area (Å²) in [7, 11) is 0. The molecule has 2 aliphatic rings. The predicted octanol–water partition coefficient (Wildman–Crippen LogP) is 5.50. The normalized spacial score (nSPS) is 26.5. The zero-order valence-electron chi connectivity index (χ0n) is 14.9. The SMILES string of the molecule is Cc1c(-c2cc3c(cc2Cl)NC(C)(C)C2OCCC32C)csc1C#N. The molecule has 0 aliphatic carbocycles. The van der Waals surface area contributed by atoms with Crippen molar-refractivity contribution in [3.63, 3.8) is 0 Å². The van der Waals surface area contributed by atoms with Crippen molar-refractivity contribution in [1.29, 1.82) is 5.26 Å². The monoisotopic (exact) mass is 372 g/mol. The summed E-state index contributed by atoms with van der Waals surface area (Å²) in [4.78, 5) is 0.747. The van der Waals surface area contributed by atoms with Crippen molar-refractivity contribution in [3.8, 4) is 17.2 Å². The number of nitrogens with zero attached hydrogens (tertiary/aromatic N) is 1. The lowest BCUT2D eigenvalue weighted by atomic mass is 9.66. The standard InChI is InChI=1S/C20H21ClN2OS/c1-11-13(10-25-17(11)9-22)12-7-14-16(8-15(12)21)23-19(2,3)18-20(14,4)5-6-24-18/h7-8,10,18,23H,5-6H2,1-4H3. The van der Waals surface area contributed by atoms with E-state index in [0.29, 0.717) is 5.02 Å². The fraction of sp³-hybridized carbons (Fsp3) is 0.450. The number of ether oxygens (including phenoxy) is 1. The Hall–Kier alpha value is -1.54. The van der Waals surface area contributed by atoms with E-state index in [2.05, 4.69) is 38.2 Å². The zero-order chi connectivity index (χ0) is 18.0. The van der Waals surface area contributed by atoms with E-state index >= 15 is 0 Å². The van der Waals surface area contributed by atoms with Crippen LogP contribution in [0.15, 0.2) is 17.5 Å². The van der Waals surface area contributed by atoms with Gasteiger partial charge >= 0.3 is 0 Å². The molecule has 1 saturated heterocycles. The first-order valence-corrected chi connectivity index (χ1v) is 9.76. The molecule has 3 heterocycles. The molecule has 4 rings (SSSR count). The maximum absolute atomic E-state index is 9.26. The number of nitriles is 1. The van der Waals surface area contributed by atoms with E-state index in [4.69, 9.17) is 16.3 Å². The summed E-state index contributed by atoms with van der Waals surface area (Å²) < 4.78 is 6.12. The first-order chi connectivity index (χ1) is 11.8. The molecule has 5 heteroatoms. The molecule has 0 bridgehead atoms. The Morgan fingerprint density at radius 3 is 2.76 bits per heavy atom. The van der Waals surface area contributed by atoms with Crippen LogP contribution in [0.4, 0.5) is 5.69 Å². The summed E-state index contributed by atoms with van der Waals surface area (Å²) in [6.45, 7) is 9.44. The number of benzene rings is 1. The molecule has 0 radical (unpaired) electrons. The first kappa shape index (κ1) is 16.9. The molecular formula is C20H21ClN2OS. The van der Waals surface area contributed by atoms with Crippen molar-refractivity contribution in [1.82, 2.24) is 0 Å². The van der Waals surface area contributed by atoms with Crippen LogP contribution in [0.25, 0.3) is 11.1 Å². The second kappa shape index (κ2) is 5.48. The second-order valence-electron chi connectivity index (χ2n) is 7.86. The molecule has 0 amide bonds. The average molecular weight is 373 g/mol. The van der Waals surface area contributed by atoms with Crippen LogP contribution in [0, 0.1) is 18.3 Å². The highest BCUT2D eigenvalue weighted by atomic mass is 35.5. The molecule has 1 fully saturated rings. The van der Waals surface area contributed by atoms with E-state index in [9.17, 15) is 5.26 Å². The van der Waals surface area contributed by atoms with Gasteiger partial charge in [-0.05, 0) is 56.0 Å². The third-order valence-corrected chi connectivity index (χ3v) is 7.05.